The third-order valence-corrected chi connectivity index (χ3v) is 3.03. The van der Waals surface area contributed by atoms with Gasteiger partial charge in [0.15, 0.2) is 0 Å². The molecule has 0 atom stereocenters. The van der Waals surface area contributed by atoms with E-state index < -0.39 is 5.97 Å². The highest BCUT2D eigenvalue weighted by Gasteiger charge is 2.26. The summed E-state index contributed by atoms with van der Waals surface area (Å²) in [5.74, 6) is -0.707. The van der Waals surface area contributed by atoms with E-state index in [1.54, 1.807) is 24.3 Å². The minimum Gasteiger partial charge on any atom is -0.460 e. The summed E-state index contributed by atoms with van der Waals surface area (Å²) in [5.41, 5.74) is 10.9. The molecule has 2 aromatic rings. The van der Waals surface area contributed by atoms with Gasteiger partial charge in [-0.15, -0.1) is 0 Å². The van der Waals surface area contributed by atoms with Crippen LogP contribution in [0.4, 0.5) is 0 Å². The maximum absolute atomic E-state index is 11.7. The summed E-state index contributed by atoms with van der Waals surface area (Å²) >= 11 is 5.98. The topological polar surface area (TPSA) is 62.7 Å². The molecule has 100 valence electrons. The molecule has 0 heterocycles. The van der Waals surface area contributed by atoms with Crippen LogP contribution in [0.25, 0.3) is 16.7 Å². The molecule has 0 N–H and O–H groups in total. The maximum atomic E-state index is 11.7. The summed E-state index contributed by atoms with van der Waals surface area (Å²) in [5, 5.41) is 0.581. The number of benzene rings is 2. The summed E-state index contributed by atoms with van der Waals surface area (Å²) in [7, 11) is 1.23. The highest BCUT2D eigenvalue weighted by atomic mass is 35.5. The van der Waals surface area contributed by atoms with E-state index in [9.17, 15) is 4.79 Å². The average Bonchev–Trinajstić information content (AvgIpc) is 2.48. The first-order valence-electron chi connectivity index (χ1n) is 5.83. The van der Waals surface area contributed by atoms with Gasteiger partial charge in [-0.2, -0.15) is 4.79 Å². The van der Waals surface area contributed by atoms with E-state index in [-0.39, 0.29) is 5.71 Å². The van der Waals surface area contributed by atoms with Gasteiger partial charge in [0.2, 0.25) is 0 Å². The Bertz CT molecular complexity index is 707. The van der Waals surface area contributed by atoms with Gasteiger partial charge in [-0.25, -0.2) is 4.79 Å². The molecule has 0 aliphatic heterocycles. The fourth-order valence-electron chi connectivity index (χ4n) is 1.90. The smallest absolute Gasteiger partial charge is 0.422 e. The van der Waals surface area contributed by atoms with Crippen molar-refractivity contribution in [1.29, 1.82) is 0 Å². The third kappa shape index (κ3) is 2.77. The number of methoxy groups -OCH3 is 1. The van der Waals surface area contributed by atoms with E-state index in [0.29, 0.717) is 10.6 Å². The van der Waals surface area contributed by atoms with Gasteiger partial charge in [-0.05, 0) is 29.3 Å². The second-order valence-electron chi connectivity index (χ2n) is 4.00. The van der Waals surface area contributed by atoms with Crippen LogP contribution in [0.1, 0.15) is 5.56 Å². The summed E-state index contributed by atoms with van der Waals surface area (Å²) in [6, 6.07) is 14.3. The van der Waals surface area contributed by atoms with E-state index in [1.165, 1.54) is 7.11 Å². The van der Waals surface area contributed by atoms with Gasteiger partial charge in [0.1, 0.15) is 0 Å². The number of nitrogens with zero attached hydrogens (tertiary/aromatic N) is 2. The number of esters is 1. The maximum Gasteiger partial charge on any atom is 0.422 e. The zero-order valence-corrected chi connectivity index (χ0v) is 11.5. The number of ether oxygens (including phenoxy) is 1. The second-order valence-corrected chi connectivity index (χ2v) is 4.43. The van der Waals surface area contributed by atoms with Crippen molar-refractivity contribution in [2.75, 3.05) is 7.11 Å². The number of carbonyl (C=O) groups excluding carboxylic acids is 1. The predicted molar refractivity (Wildman–Crippen MR) is 76.6 cm³/mol. The molecule has 0 aromatic heterocycles. The number of rotatable bonds is 3. The Hall–Kier alpha value is -2.42. The molecule has 2 aromatic carbocycles. The molecule has 0 unspecified atom stereocenters. The van der Waals surface area contributed by atoms with Gasteiger partial charge in [0.25, 0.3) is 0 Å². The van der Waals surface area contributed by atoms with Crippen molar-refractivity contribution in [1.82, 2.24) is 0 Å². The van der Waals surface area contributed by atoms with Gasteiger partial charge in [-0.3, -0.25) is 0 Å². The van der Waals surface area contributed by atoms with E-state index in [2.05, 4.69) is 9.53 Å². The van der Waals surface area contributed by atoms with Gasteiger partial charge < -0.3 is 10.3 Å². The van der Waals surface area contributed by atoms with Crippen molar-refractivity contribution < 1.29 is 14.3 Å². The van der Waals surface area contributed by atoms with Crippen LogP contribution < -0.4 is 0 Å². The first kappa shape index (κ1) is 14.0. The van der Waals surface area contributed by atoms with Crippen LogP contribution in [0.2, 0.25) is 5.02 Å². The zero-order chi connectivity index (χ0) is 14.5. The van der Waals surface area contributed by atoms with Crippen molar-refractivity contribution in [2.45, 2.75) is 0 Å². The van der Waals surface area contributed by atoms with Crippen LogP contribution in [-0.2, 0) is 9.53 Å². The monoisotopic (exact) mass is 286 g/mol. The highest BCUT2D eigenvalue weighted by molar-refractivity contribution is 6.42. The average molecular weight is 287 g/mol. The zero-order valence-electron chi connectivity index (χ0n) is 10.7. The van der Waals surface area contributed by atoms with Crippen molar-refractivity contribution in [3.63, 3.8) is 0 Å². The molecule has 0 saturated heterocycles. The normalized spacial score (nSPS) is 9.70. The molecule has 0 fully saturated rings. The second kappa shape index (κ2) is 6.15. The molecule has 0 bridgehead atoms. The number of hydrogen-bond donors (Lipinski definition) is 0. The van der Waals surface area contributed by atoms with Crippen molar-refractivity contribution >= 4 is 23.3 Å². The molecule has 0 saturated carbocycles. The Morgan fingerprint density at radius 2 is 1.95 bits per heavy atom. The fourth-order valence-corrected chi connectivity index (χ4v) is 2.09. The number of hydrogen-bond acceptors (Lipinski definition) is 2. The van der Waals surface area contributed by atoms with Crippen LogP contribution in [-0.4, -0.2) is 23.6 Å². The van der Waals surface area contributed by atoms with E-state index in [1.807, 2.05) is 24.3 Å². The van der Waals surface area contributed by atoms with Crippen LogP contribution in [0.15, 0.2) is 48.5 Å². The lowest BCUT2D eigenvalue weighted by atomic mass is 9.97. The largest absolute Gasteiger partial charge is 0.460 e. The van der Waals surface area contributed by atoms with E-state index in [0.717, 1.165) is 11.1 Å². The first-order chi connectivity index (χ1) is 9.67. The lowest BCUT2D eigenvalue weighted by molar-refractivity contribution is -0.137. The molecular weight excluding hydrogens is 276 g/mol. The number of halogens is 1. The van der Waals surface area contributed by atoms with Crippen LogP contribution >= 0.6 is 11.6 Å². The van der Waals surface area contributed by atoms with Gasteiger partial charge in [-0.1, -0.05) is 41.9 Å². The molecule has 0 amide bonds. The number of carbonyl (C=O) groups is 1. The molecule has 2 rings (SSSR count). The van der Waals surface area contributed by atoms with Crippen molar-refractivity contribution in [2.24, 2.45) is 0 Å². The Balaban J connectivity index is 2.62. The van der Waals surface area contributed by atoms with Crippen LogP contribution in [0.3, 0.4) is 0 Å². The SMILES string of the molecule is COC(=O)C(=[N+]=[N-])c1ccccc1-c1cccc(Cl)c1. The standard InChI is InChI=1S/C15H11ClN2O2/c1-20-15(19)14(18-17)13-8-3-2-7-12(13)10-5-4-6-11(16)9-10/h2-9H,1H3. The van der Waals surface area contributed by atoms with Crippen LogP contribution in [0, 0.1) is 0 Å². The van der Waals surface area contributed by atoms with Crippen LogP contribution in [0.5, 0.6) is 0 Å². The van der Waals surface area contributed by atoms with Crippen molar-refractivity contribution in [3.8, 4) is 11.1 Å². The fraction of sp³-hybridized carbons (Fsp3) is 0.0667. The summed E-state index contributed by atoms with van der Waals surface area (Å²) < 4.78 is 4.62. The van der Waals surface area contributed by atoms with E-state index in [4.69, 9.17) is 17.1 Å². The highest BCUT2D eigenvalue weighted by Crippen LogP contribution is 2.26. The van der Waals surface area contributed by atoms with E-state index >= 15 is 0 Å². The molecule has 0 aliphatic carbocycles. The molecule has 0 spiro atoms. The van der Waals surface area contributed by atoms with Gasteiger partial charge in [0, 0.05) is 5.02 Å². The molecular formula is C15H11ClN2O2. The predicted octanol–water partition coefficient (Wildman–Crippen LogP) is 3.20. The third-order valence-electron chi connectivity index (χ3n) is 2.80. The quantitative estimate of drug-likeness (QED) is 0.376. The Kier molecular flexibility index (Phi) is 4.31. The molecule has 20 heavy (non-hydrogen) atoms. The molecule has 4 nitrogen and oxygen atoms in total. The minimum atomic E-state index is -0.707. The Morgan fingerprint density at radius 1 is 1.20 bits per heavy atom. The van der Waals surface area contributed by atoms with Crippen molar-refractivity contribution in [3.05, 3.63) is 64.6 Å². The Labute approximate surface area is 121 Å². The summed E-state index contributed by atoms with van der Waals surface area (Å²) in [6.07, 6.45) is 0. The molecule has 0 radical (unpaired) electrons. The minimum absolute atomic E-state index is 0.150. The lowest BCUT2D eigenvalue weighted by Crippen LogP contribution is -2.19. The molecule has 0 aliphatic rings. The van der Waals surface area contributed by atoms with Gasteiger partial charge >= 0.3 is 11.7 Å². The summed E-state index contributed by atoms with van der Waals surface area (Å²) in [6.45, 7) is 0. The summed E-state index contributed by atoms with van der Waals surface area (Å²) in [4.78, 5) is 14.7. The van der Waals surface area contributed by atoms with Gasteiger partial charge in [0.05, 0.1) is 12.7 Å². The molecule has 5 heteroatoms. The Morgan fingerprint density at radius 3 is 2.60 bits per heavy atom. The first-order valence-corrected chi connectivity index (χ1v) is 6.21. The lowest BCUT2D eigenvalue weighted by Gasteiger charge is -2.06.